The van der Waals surface area contributed by atoms with Gasteiger partial charge in [-0.25, -0.2) is 9.59 Å². The summed E-state index contributed by atoms with van der Waals surface area (Å²) in [5.74, 6) is -1.35. The van der Waals surface area contributed by atoms with E-state index < -0.39 is 42.1 Å². The minimum absolute atomic E-state index is 0.0149. The topological polar surface area (TPSA) is 167 Å². The number of hydrogen-bond acceptors (Lipinski definition) is 8. The van der Waals surface area contributed by atoms with Crippen molar-refractivity contribution in [2.75, 3.05) is 11.9 Å². The molecule has 3 amide bonds. The Balaban J connectivity index is 1.06. The van der Waals surface area contributed by atoms with E-state index in [2.05, 4.69) is 16.7 Å². The quantitative estimate of drug-likeness (QED) is 0.118. The number of carbonyl (C=O) groups is 4. The highest BCUT2D eigenvalue weighted by Gasteiger charge is 2.39. The molecule has 0 radical (unpaired) electrons. The number of benzene rings is 5. The average Bonchev–Trinajstić information content (AvgIpc) is 3.24. The van der Waals surface area contributed by atoms with Crippen molar-refractivity contribution in [2.24, 2.45) is 5.41 Å². The molecule has 0 bridgehead atoms. The largest absolute Gasteiger partial charge is 0.489 e. The number of carbonyl (C=O) groups excluding carboxylic acids is 3. The summed E-state index contributed by atoms with van der Waals surface area (Å²) in [5, 5.41) is 25.8. The van der Waals surface area contributed by atoms with Gasteiger partial charge in [-0.1, -0.05) is 98.6 Å². The van der Waals surface area contributed by atoms with E-state index in [-0.39, 0.29) is 38.0 Å². The van der Waals surface area contributed by atoms with Gasteiger partial charge in [0.2, 0.25) is 12.0 Å². The molecule has 2 heterocycles. The summed E-state index contributed by atoms with van der Waals surface area (Å²) in [7, 11) is 0. The molecule has 61 heavy (non-hydrogen) atoms. The Labute approximate surface area is 362 Å². The Kier molecular flexibility index (Phi) is 12.5. The minimum Gasteiger partial charge on any atom is -0.489 e. The molecule has 312 valence electrons. The van der Waals surface area contributed by atoms with Gasteiger partial charge in [-0.2, -0.15) is 5.26 Å². The maximum Gasteiger partial charge on any atom is 0.410 e. The first-order valence-corrected chi connectivity index (χ1v) is 20.3. The molecule has 5 aromatic rings. The van der Waals surface area contributed by atoms with Crippen LogP contribution in [0.5, 0.6) is 11.5 Å². The van der Waals surface area contributed by atoms with Crippen LogP contribution in [0.1, 0.15) is 60.3 Å². The second-order valence-corrected chi connectivity index (χ2v) is 17.0. The van der Waals surface area contributed by atoms with Crippen LogP contribution in [0.15, 0.2) is 103 Å². The third-order valence-corrected chi connectivity index (χ3v) is 11.0. The predicted molar refractivity (Wildman–Crippen MR) is 229 cm³/mol. The molecule has 0 saturated heterocycles. The third-order valence-electron chi connectivity index (χ3n) is 10.3. The van der Waals surface area contributed by atoms with Crippen LogP contribution in [0.4, 0.5) is 10.5 Å². The maximum absolute atomic E-state index is 14.1. The van der Waals surface area contributed by atoms with Gasteiger partial charge < -0.3 is 30.0 Å². The van der Waals surface area contributed by atoms with Crippen LogP contribution in [0.2, 0.25) is 10.0 Å². The summed E-state index contributed by atoms with van der Waals surface area (Å²) in [6, 6.07) is 29.7. The Hall–Kier alpha value is -6.55. The van der Waals surface area contributed by atoms with Crippen molar-refractivity contribution in [1.82, 2.24) is 10.2 Å². The molecule has 3 atom stereocenters. The molecule has 12 nitrogen and oxygen atoms in total. The van der Waals surface area contributed by atoms with E-state index in [1.165, 1.54) is 4.90 Å². The lowest BCUT2D eigenvalue weighted by Gasteiger charge is -2.37. The van der Waals surface area contributed by atoms with Crippen LogP contribution in [-0.2, 0) is 45.1 Å². The molecule has 0 aromatic heterocycles. The normalized spacial score (nSPS) is 16.1. The first kappa shape index (κ1) is 42.6. The summed E-state index contributed by atoms with van der Waals surface area (Å²) < 4.78 is 17.8. The number of anilines is 1. The Morgan fingerprint density at radius 3 is 2.23 bits per heavy atom. The minimum atomic E-state index is -1.31. The van der Waals surface area contributed by atoms with E-state index in [1.807, 2.05) is 51.1 Å². The summed E-state index contributed by atoms with van der Waals surface area (Å²) in [5.41, 5.74) is 5.80. The van der Waals surface area contributed by atoms with Gasteiger partial charge in [-0.3, -0.25) is 14.5 Å². The van der Waals surface area contributed by atoms with Crippen molar-refractivity contribution < 1.29 is 38.5 Å². The van der Waals surface area contributed by atoms with Crippen molar-refractivity contribution in [3.05, 3.63) is 147 Å². The molecule has 1 unspecified atom stereocenters. The Bertz CT molecular complexity index is 2520. The molecule has 2 aliphatic heterocycles. The number of halogens is 2. The average molecular weight is 862 g/mol. The fourth-order valence-electron chi connectivity index (χ4n) is 7.01. The molecule has 7 rings (SSSR count). The molecule has 3 N–H and O–H groups in total. The molecule has 0 saturated carbocycles. The van der Waals surface area contributed by atoms with Gasteiger partial charge in [-0.15, -0.1) is 0 Å². The van der Waals surface area contributed by atoms with E-state index in [4.69, 9.17) is 42.7 Å². The number of carboxylic acid groups (broad SMARTS) is 1. The van der Waals surface area contributed by atoms with Gasteiger partial charge in [0, 0.05) is 18.4 Å². The van der Waals surface area contributed by atoms with Crippen molar-refractivity contribution >= 4 is 52.8 Å². The number of amides is 3. The van der Waals surface area contributed by atoms with Crippen molar-refractivity contribution in [3.8, 4) is 28.7 Å². The number of carboxylic acids is 1. The lowest BCUT2D eigenvalue weighted by Crippen LogP contribution is -2.56. The van der Waals surface area contributed by atoms with E-state index in [0.29, 0.717) is 55.0 Å². The highest BCUT2D eigenvalue weighted by molar-refractivity contribution is 6.42. The first-order chi connectivity index (χ1) is 29.1. The zero-order valence-corrected chi connectivity index (χ0v) is 35.0. The van der Waals surface area contributed by atoms with E-state index >= 15 is 0 Å². The number of ether oxygens (including phenoxy) is 3. The lowest BCUT2D eigenvalue weighted by molar-refractivity contribution is -0.142. The molecule has 2 aliphatic rings. The number of fused-ring (bicyclic) bond motifs is 2. The van der Waals surface area contributed by atoms with Gasteiger partial charge in [0.15, 0.2) is 0 Å². The highest BCUT2D eigenvalue weighted by atomic mass is 35.5. The number of nitrogens with zero attached hydrogens (tertiary/aromatic N) is 2. The van der Waals surface area contributed by atoms with Gasteiger partial charge in [0.25, 0.3) is 5.91 Å². The second-order valence-electron chi connectivity index (χ2n) is 16.2. The van der Waals surface area contributed by atoms with Crippen LogP contribution in [0, 0.1) is 16.7 Å². The summed E-state index contributed by atoms with van der Waals surface area (Å²) in [6.45, 7) is 6.05. The molecule has 14 heteroatoms. The van der Waals surface area contributed by atoms with Gasteiger partial charge in [0.05, 0.1) is 40.5 Å². The van der Waals surface area contributed by atoms with E-state index in [0.717, 1.165) is 16.7 Å². The Morgan fingerprint density at radius 2 is 1.59 bits per heavy atom. The van der Waals surface area contributed by atoms with Crippen molar-refractivity contribution in [1.29, 1.82) is 5.26 Å². The fourth-order valence-corrected chi connectivity index (χ4v) is 7.33. The van der Waals surface area contributed by atoms with Crippen LogP contribution in [-0.4, -0.2) is 52.6 Å². The number of nitrogens with one attached hydrogen (secondary N) is 2. The fraction of sp³-hybridized carbons (Fsp3) is 0.255. The summed E-state index contributed by atoms with van der Waals surface area (Å²) in [4.78, 5) is 55.0. The van der Waals surface area contributed by atoms with Crippen LogP contribution < -0.4 is 20.1 Å². The second kappa shape index (κ2) is 18.0. The third kappa shape index (κ3) is 10.3. The van der Waals surface area contributed by atoms with Crippen LogP contribution >= 0.6 is 23.2 Å². The predicted octanol–water partition coefficient (Wildman–Crippen LogP) is 8.90. The number of aliphatic carboxylic acids is 1. The molecular weight excluding hydrogens is 819 g/mol. The monoisotopic (exact) mass is 860 g/mol. The van der Waals surface area contributed by atoms with E-state index in [9.17, 15) is 24.3 Å². The van der Waals surface area contributed by atoms with Gasteiger partial charge in [-0.05, 0) is 87.3 Å². The van der Waals surface area contributed by atoms with Gasteiger partial charge >= 0.3 is 12.1 Å². The van der Waals surface area contributed by atoms with Crippen molar-refractivity contribution in [3.63, 3.8) is 0 Å². The Morgan fingerprint density at radius 1 is 0.918 bits per heavy atom. The molecule has 0 aliphatic carbocycles. The zero-order chi connectivity index (χ0) is 43.4. The highest BCUT2D eigenvalue weighted by Crippen LogP contribution is 2.40. The number of hydrogen-bond donors (Lipinski definition) is 3. The summed E-state index contributed by atoms with van der Waals surface area (Å²) in [6.07, 6.45) is -1.70. The van der Waals surface area contributed by atoms with E-state index in [1.54, 1.807) is 72.8 Å². The smallest absolute Gasteiger partial charge is 0.410 e. The standard InChI is InChI=1S/C47H42Cl2N4O8/c1-47(2,3)26-60-46(58)53-24-34-22-41-38(51-44(55)42(61-41)32-13-15-35(16-14-32)59-25-29-8-17-36(48)37(49)18-29)20-33(34)21-40(53)43(54)52-39(45(56)57)19-27-4-9-30(10-5-27)31-11-6-28(23-50)7-12-31/h4-18,20,22,39-40,42H,19,21,24-26H2,1-3H3,(H,51,55)(H,52,54)(H,56,57)/t39-,40?,42-/m0/s1. The maximum atomic E-state index is 14.1. The molecule has 5 aromatic carbocycles. The number of nitriles is 1. The SMILES string of the molecule is CC(C)(C)COC(=O)N1Cc2cc3c(cc2CC1C(=O)N[C@@H](Cc1ccc(-c2ccc(C#N)cc2)cc1)C(=O)O)NC(=O)[C@H](c1ccc(OCc2ccc(Cl)c(Cl)c2)cc1)O3. The van der Waals surface area contributed by atoms with Gasteiger partial charge in [0.1, 0.15) is 30.2 Å². The first-order valence-electron chi connectivity index (χ1n) is 19.5. The van der Waals surface area contributed by atoms with Crippen LogP contribution in [0.3, 0.4) is 0 Å². The van der Waals surface area contributed by atoms with Crippen molar-refractivity contribution in [2.45, 2.75) is 65.0 Å². The summed E-state index contributed by atoms with van der Waals surface area (Å²) >= 11 is 12.1. The van der Waals surface area contributed by atoms with Crippen LogP contribution in [0.25, 0.3) is 11.1 Å². The number of rotatable bonds is 11. The molecular formula is C47H42Cl2N4O8. The lowest BCUT2D eigenvalue weighted by atomic mass is 9.91. The molecule has 0 spiro atoms. The zero-order valence-electron chi connectivity index (χ0n) is 33.5. The molecule has 0 fully saturated rings.